The van der Waals surface area contributed by atoms with Crippen molar-refractivity contribution in [2.75, 3.05) is 0 Å². The van der Waals surface area contributed by atoms with Gasteiger partial charge in [-0.05, 0) is 35.7 Å². The average molecular weight is 316 g/mol. The van der Waals surface area contributed by atoms with E-state index in [0.29, 0.717) is 21.5 Å². The molecule has 0 bridgehead atoms. The van der Waals surface area contributed by atoms with Crippen molar-refractivity contribution in [1.82, 2.24) is 5.43 Å². The number of hydrogen-bond acceptors (Lipinski definition) is 2. The summed E-state index contributed by atoms with van der Waals surface area (Å²) in [5.74, 6) is 5.62. The fourth-order valence-electron chi connectivity index (χ4n) is 1.95. The van der Waals surface area contributed by atoms with Gasteiger partial charge in [-0.15, -0.1) is 0 Å². The van der Waals surface area contributed by atoms with Gasteiger partial charge < -0.3 is 0 Å². The molecule has 1 atom stereocenters. The minimum atomic E-state index is -0.121. The third-order valence-corrected chi connectivity index (χ3v) is 3.96. The summed E-state index contributed by atoms with van der Waals surface area (Å²) in [6.07, 6.45) is 0.678. The van der Waals surface area contributed by atoms with E-state index < -0.39 is 0 Å². The second-order valence-corrected chi connectivity index (χ2v) is 5.42. The molecule has 0 fully saturated rings. The maximum absolute atomic E-state index is 6.21. The number of hydrazine groups is 1. The summed E-state index contributed by atoms with van der Waals surface area (Å²) in [4.78, 5) is 0. The van der Waals surface area contributed by atoms with Gasteiger partial charge in [-0.2, -0.15) is 0 Å². The van der Waals surface area contributed by atoms with Gasteiger partial charge in [0.1, 0.15) is 0 Å². The first kappa shape index (κ1) is 14.6. The lowest BCUT2D eigenvalue weighted by atomic mass is 9.99. The molecule has 0 aliphatic carbocycles. The summed E-state index contributed by atoms with van der Waals surface area (Å²) in [5.41, 5.74) is 4.72. The minimum absolute atomic E-state index is 0.121. The molecule has 0 aliphatic heterocycles. The zero-order valence-corrected chi connectivity index (χ0v) is 12.3. The van der Waals surface area contributed by atoms with Gasteiger partial charge in [-0.1, -0.05) is 59.1 Å². The summed E-state index contributed by atoms with van der Waals surface area (Å²) < 4.78 is 0. The van der Waals surface area contributed by atoms with E-state index in [2.05, 4.69) is 5.43 Å². The van der Waals surface area contributed by atoms with Crippen LogP contribution in [-0.2, 0) is 6.42 Å². The molecule has 0 aromatic heterocycles. The smallest absolute Gasteiger partial charge is 0.0640 e. The van der Waals surface area contributed by atoms with E-state index in [0.717, 1.165) is 11.1 Å². The highest BCUT2D eigenvalue weighted by atomic mass is 35.5. The minimum Gasteiger partial charge on any atom is -0.271 e. The maximum atomic E-state index is 6.21. The van der Waals surface area contributed by atoms with E-state index in [1.807, 2.05) is 36.4 Å². The highest BCUT2D eigenvalue weighted by molar-refractivity contribution is 6.42. The van der Waals surface area contributed by atoms with Crippen molar-refractivity contribution in [2.45, 2.75) is 12.5 Å². The largest absolute Gasteiger partial charge is 0.271 e. The van der Waals surface area contributed by atoms with Gasteiger partial charge in [0.25, 0.3) is 0 Å². The van der Waals surface area contributed by atoms with Crippen molar-refractivity contribution < 1.29 is 0 Å². The molecule has 100 valence electrons. The Bertz CT molecular complexity index is 572. The molecule has 2 aromatic carbocycles. The standard InChI is InChI=1S/C14H13Cl3N2/c15-10-4-1-3-9(7-10)8-13(19-18)11-5-2-6-12(16)14(11)17/h1-7,13,19H,8,18H2. The fraction of sp³-hybridized carbons (Fsp3) is 0.143. The third-order valence-electron chi connectivity index (χ3n) is 2.89. The summed E-state index contributed by atoms with van der Waals surface area (Å²) >= 11 is 18.2. The van der Waals surface area contributed by atoms with Crippen LogP contribution in [0.4, 0.5) is 0 Å². The molecule has 0 heterocycles. The second kappa shape index (κ2) is 6.60. The number of nitrogens with two attached hydrogens (primary N) is 1. The van der Waals surface area contributed by atoms with Crippen molar-refractivity contribution in [3.63, 3.8) is 0 Å². The van der Waals surface area contributed by atoms with Gasteiger partial charge in [0.05, 0.1) is 16.1 Å². The normalized spacial score (nSPS) is 12.4. The molecule has 2 nitrogen and oxygen atoms in total. The van der Waals surface area contributed by atoms with Gasteiger partial charge in [-0.3, -0.25) is 11.3 Å². The van der Waals surface area contributed by atoms with Crippen LogP contribution in [0.15, 0.2) is 42.5 Å². The molecular weight excluding hydrogens is 303 g/mol. The van der Waals surface area contributed by atoms with E-state index in [-0.39, 0.29) is 6.04 Å². The van der Waals surface area contributed by atoms with E-state index in [4.69, 9.17) is 40.6 Å². The van der Waals surface area contributed by atoms with Gasteiger partial charge in [0, 0.05) is 5.02 Å². The van der Waals surface area contributed by atoms with Crippen LogP contribution >= 0.6 is 34.8 Å². The van der Waals surface area contributed by atoms with Gasteiger partial charge in [-0.25, -0.2) is 0 Å². The molecule has 3 N–H and O–H groups in total. The second-order valence-electron chi connectivity index (χ2n) is 4.20. The Balaban J connectivity index is 2.28. The van der Waals surface area contributed by atoms with E-state index in [1.54, 1.807) is 6.07 Å². The molecular formula is C14H13Cl3N2. The Kier molecular flexibility index (Phi) is 5.08. The Morgan fingerprint density at radius 2 is 1.79 bits per heavy atom. The number of nitrogens with one attached hydrogen (secondary N) is 1. The zero-order valence-electron chi connectivity index (χ0n) is 10.0. The highest BCUT2D eigenvalue weighted by Gasteiger charge is 2.15. The molecule has 0 radical (unpaired) electrons. The lowest BCUT2D eigenvalue weighted by molar-refractivity contribution is 0.552. The van der Waals surface area contributed by atoms with Crippen LogP contribution in [0, 0.1) is 0 Å². The number of benzene rings is 2. The van der Waals surface area contributed by atoms with Gasteiger partial charge in [0.2, 0.25) is 0 Å². The molecule has 0 saturated carbocycles. The SMILES string of the molecule is NNC(Cc1cccc(Cl)c1)c1cccc(Cl)c1Cl. The predicted octanol–water partition coefficient (Wildman–Crippen LogP) is 4.39. The van der Waals surface area contributed by atoms with Crippen molar-refractivity contribution in [2.24, 2.45) is 5.84 Å². The van der Waals surface area contributed by atoms with E-state index in [1.165, 1.54) is 0 Å². The maximum Gasteiger partial charge on any atom is 0.0640 e. The van der Waals surface area contributed by atoms with Crippen molar-refractivity contribution in [3.05, 3.63) is 68.7 Å². The quantitative estimate of drug-likeness (QED) is 0.648. The first-order chi connectivity index (χ1) is 9.11. The predicted molar refractivity (Wildman–Crippen MR) is 81.7 cm³/mol. The number of rotatable bonds is 4. The van der Waals surface area contributed by atoms with Crippen molar-refractivity contribution in [3.8, 4) is 0 Å². The molecule has 5 heteroatoms. The number of hydrogen-bond donors (Lipinski definition) is 2. The summed E-state index contributed by atoms with van der Waals surface area (Å²) in [6.45, 7) is 0. The Labute approximate surface area is 127 Å². The van der Waals surface area contributed by atoms with Gasteiger partial charge >= 0.3 is 0 Å². The molecule has 0 spiro atoms. The molecule has 0 aliphatic rings. The van der Waals surface area contributed by atoms with Crippen LogP contribution in [0.3, 0.4) is 0 Å². The monoisotopic (exact) mass is 314 g/mol. The summed E-state index contributed by atoms with van der Waals surface area (Å²) in [6, 6.07) is 13.0. The molecule has 2 rings (SSSR count). The first-order valence-electron chi connectivity index (χ1n) is 5.76. The third kappa shape index (κ3) is 3.62. The van der Waals surface area contributed by atoms with Crippen molar-refractivity contribution >= 4 is 34.8 Å². The summed E-state index contributed by atoms with van der Waals surface area (Å²) in [5, 5.41) is 1.74. The molecule has 0 saturated heterocycles. The summed E-state index contributed by atoms with van der Waals surface area (Å²) in [7, 11) is 0. The topological polar surface area (TPSA) is 38.0 Å². The Morgan fingerprint density at radius 3 is 2.47 bits per heavy atom. The van der Waals surface area contributed by atoms with Crippen LogP contribution in [0.1, 0.15) is 17.2 Å². The lowest BCUT2D eigenvalue weighted by Gasteiger charge is -2.18. The van der Waals surface area contributed by atoms with Crippen LogP contribution in [-0.4, -0.2) is 0 Å². The molecule has 2 aromatic rings. The van der Waals surface area contributed by atoms with E-state index in [9.17, 15) is 0 Å². The van der Waals surface area contributed by atoms with Crippen LogP contribution in [0.2, 0.25) is 15.1 Å². The average Bonchev–Trinajstić information content (AvgIpc) is 2.40. The lowest BCUT2D eigenvalue weighted by Crippen LogP contribution is -2.29. The highest BCUT2D eigenvalue weighted by Crippen LogP contribution is 2.31. The Morgan fingerprint density at radius 1 is 1.05 bits per heavy atom. The number of halogens is 3. The molecule has 1 unspecified atom stereocenters. The fourth-order valence-corrected chi connectivity index (χ4v) is 2.60. The first-order valence-corrected chi connectivity index (χ1v) is 6.89. The van der Waals surface area contributed by atoms with Gasteiger partial charge in [0.15, 0.2) is 0 Å². The van der Waals surface area contributed by atoms with Crippen LogP contribution < -0.4 is 11.3 Å². The van der Waals surface area contributed by atoms with E-state index >= 15 is 0 Å². The molecule has 19 heavy (non-hydrogen) atoms. The van der Waals surface area contributed by atoms with Crippen LogP contribution in [0.5, 0.6) is 0 Å². The zero-order chi connectivity index (χ0) is 13.8. The molecule has 0 amide bonds. The van der Waals surface area contributed by atoms with Crippen molar-refractivity contribution in [1.29, 1.82) is 0 Å². The van der Waals surface area contributed by atoms with Crippen LogP contribution in [0.25, 0.3) is 0 Å². The Hall–Kier alpha value is -0.770.